The molecule has 1 N–H and O–H groups in total. The average molecular weight is 297 g/mol. The largest absolute Gasteiger partial charge is 0.372 e. The molecule has 0 aliphatic carbocycles. The van der Waals surface area contributed by atoms with E-state index in [0.717, 1.165) is 5.56 Å². The second-order valence-electron chi connectivity index (χ2n) is 3.99. The van der Waals surface area contributed by atoms with Crippen molar-refractivity contribution in [2.75, 3.05) is 19.4 Å². The van der Waals surface area contributed by atoms with Gasteiger partial charge in [0.05, 0.1) is 0 Å². The number of sulfonamides is 1. The molecule has 0 saturated carbocycles. The first-order valence-corrected chi connectivity index (χ1v) is 8.04. The minimum absolute atomic E-state index is 0.190. The third-order valence-corrected chi connectivity index (χ3v) is 5.25. The first kappa shape index (κ1) is 14.0. The van der Waals surface area contributed by atoms with E-state index in [-0.39, 0.29) is 4.90 Å². The zero-order valence-corrected chi connectivity index (χ0v) is 12.3. The summed E-state index contributed by atoms with van der Waals surface area (Å²) >= 11 is 1.55. The normalized spacial score (nSPS) is 11.7. The number of nitrogens with zero attached hydrogens (tertiary/aromatic N) is 2. The minimum atomic E-state index is -3.54. The van der Waals surface area contributed by atoms with Gasteiger partial charge in [-0.2, -0.15) is 15.6 Å². The third kappa shape index (κ3) is 2.94. The highest BCUT2D eigenvalue weighted by Crippen LogP contribution is 2.22. The van der Waals surface area contributed by atoms with Crippen LogP contribution < -0.4 is 5.32 Å². The fourth-order valence-corrected chi connectivity index (χ4v) is 3.64. The highest BCUT2D eigenvalue weighted by atomic mass is 32.2. The number of nitrogens with one attached hydrogen (secondary N) is 1. The van der Waals surface area contributed by atoms with E-state index in [9.17, 15) is 8.42 Å². The third-order valence-electron chi connectivity index (χ3n) is 2.68. The van der Waals surface area contributed by atoms with Gasteiger partial charge in [0.25, 0.3) is 0 Å². The van der Waals surface area contributed by atoms with Crippen molar-refractivity contribution < 1.29 is 8.42 Å². The lowest BCUT2D eigenvalue weighted by Crippen LogP contribution is -2.27. The molecule has 5 nitrogen and oxygen atoms in total. The summed E-state index contributed by atoms with van der Waals surface area (Å²) in [6.07, 6.45) is 1.56. The molecule has 7 heteroatoms. The van der Waals surface area contributed by atoms with E-state index in [2.05, 4.69) is 10.3 Å². The second-order valence-corrected chi connectivity index (χ2v) is 6.79. The van der Waals surface area contributed by atoms with Gasteiger partial charge in [-0.25, -0.2) is 13.4 Å². The Morgan fingerprint density at radius 2 is 2.21 bits per heavy atom. The van der Waals surface area contributed by atoms with Crippen LogP contribution in [0, 0.1) is 0 Å². The van der Waals surface area contributed by atoms with Gasteiger partial charge < -0.3 is 5.32 Å². The number of aromatic nitrogens is 1. The SMILES string of the molecule is CNc1ncccc1S(=O)(=O)N(C)Cc1ccsc1. The topological polar surface area (TPSA) is 62.3 Å². The summed E-state index contributed by atoms with van der Waals surface area (Å²) in [5.41, 5.74) is 0.978. The lowest BCUT2D eigenvalue weighted by Gasteiger charge is -2.18. The molecule has 102 valence electrons. The Morgan fingerprint density at radius 3 is 2.84 bits per heavy atom. The molecule has 19 heavy (non-hydrogen) atoms. The Kier molecular flexibility index (Phi) is 4.18. The number of anilines is 1. The molecule has 0 aromatic carbocycles. The Balaban J connectivity index is 2.31. The van der Waals surface area contributed by atoms with Crippen molar-refractivity contribution in [1.29, 1.82) is 0 Å². The highest BCUT2D eigenvalue weighted by molar-refractivity contribution is 7.89. The van der Waals surface area contributed by atoms with E-state index in [1.807, 2.05) is 16.8 Å². The summed E-state index contributed by atoms with van der Waals surface area (Å²) < 4.78 is 26.3. The average Bonchev–Trinajstić information content (AvgIpc) is 2.91. The molecular weight excluding hydrogens is 282 g/mol. The van der Waals surface area contributed by atoms with Crippen molar-refractivity contribution in [2.45, 2.75) is 11.4 Å². The van der Waals surface area contributed by atoms with E-state index in [1.165, 1.54) is 4.31 Å². The minimum Gasteiger partial charge on any atom is -0.372 e. The monoisotopic (exact) mass is 297 g/mol. The van der Waals surface area contributed by atoms with Crippen LogP contribution in [0.3, 0.4) is 0 Å². The molecule has 2 aromatic heterocycles. The molecule has 0 aliphatic rings. The molecule has 0 atom stereocenters. The van der Waals surface area contributed by atoms with Crippen molar-refractivity contribution >= 4 is 27.2 Å². The lowest BCUT2D eigenvalue weighted by atomic mass is 10.3. The zero-order chi connectivity index (χ0) is 13.9. The van der Waals surface area contributed by atoms with Gasteiger partial charge in [0, 0.05) is 26.8 Å². The molecule has 0 aliphatic heterocycles. The van der Waals surface area contributed by atoms with Crippen LogP contribution in [0.1, 0.15) is 5.56 Å². The van der Waals surface area contributed by atoms with Gasteiger partial charge in [-0.15, -0.1) is 0 Å². The summed E-state index contributed by atoms with van der Waals surface area (Å²) in [6, 6.07) is 5.09. The number of rotatable bonds is 5. The van der Waals surface area contributed by atoms with Gasteiger partial charge in [-0.3, -0.25) is 0 Å². The molecule has 0 unspecified atom stereocenters. The van der Waals surface area contributed by atoms with E-state index in [0.29, 0.717) is 12.4 Å². The lowest BCUT2D eigenvalue weighted by molar-refractivity contribution is 0.467. The highest BCUT2D eigenvalue weighted by Gasteiger charge is 2.24. The van der Waals surface area contributed by atoms with E-state index in [4.69, 9.17) is 0 Å². The van der Waals surface area contributed by atoms with Crippen molar-refractivity contribution in [2.24, 2.45) is 0 Å². The van der Waals surface area contributed by atoms with Crippen LogP contribution in [0.4, 0.5) is 5.82 Å². The number of hydrogen-bond acceptors (Lipinski definition) is 5. The van der Waals surface area contributed by atoms with E-state index < -0.39 is 10.0 Å². The molecule has 2 aromatic rings. The van der Waals surface area contributed by atoms with Gasteiger partial charge in [0.2, 0.25) is 10.0 Å². The maximum Gasteiger partial charge on any atom is 0.246 e. The van der Waals surface area contributed by atoms with Crippen LogP contribution in [0.15, 0.2) is 40.1 Å². The summed E-state index contributed by atoms with van der Waals surface area (Å²) in [5, 5.41) is 6.67. The predicted octanol–water partition coefficient (Wildman–Crippen LogP) is 2.01. The van der Waals surface area contributed by atoms with Crippen molar-refractivity contribution in [3.05, 3.63) is 40.7 Å². The number of thiophene rings is 1. The van der Waals surface area contributed by atoms with Gasteiger partial charge in [-0.05, 0) is 34.5 Å². The van der Waals surface area contributed by atoms with Gasteiger partial charge in [0.15, 0.2) is 0 Å². The van der Waals surface area contributed by atoms with Gasteiger partial charge >= 0.3 is 0 Å². The summed E-state index contributed by atoms with van der Waals surface area (Å²) in [5.74, 6) is 0.361. The van der Waals surface area contributed by atoms with Crippen LogP contribution in [0.2, 0.25) is 0 Å². The Hall–Kier alpha value is -1.44. The predicted molar refractivity (Wildman–Crippen MR) is 76.8 cm³/mol. The van der Waals surface area contributed by atoms with Crippen LogP contribution in [0.5, 0.6) is 0 Å². The quantitative estimate of drug-likeness (QED) is 0.917. The standard InChI is InChI=1S/C12H15N3O2S2/c1-13-12-11(4-3-6-14-12)19(16,17)15(2)8-10-5-7-18-9-10/h3-7,9H,8H2,1-2H3,(H,13,14). The van der Waals surface area contributed by atoms with E-state index in [1.54, 1.807) is 43.8 Å². The van der Waals surface area contributed by atoms with E-state index >= 15 is 0 Å². The Bertz CT molecular complexity index is 639. The molecule has 2 rings (SSSR count). The number of pyridine rings is 1. The fourth-order valence-electron chi connectivity index (χ4n) is 1.68. The summed E-state index contributed by atoms with van der Waals surface area (Å²) in [7, 11) is -0.323. The van der Waals surface area contributed by atoms with Gasteiger partial charge in [-0.1, -0.05) is 0 Å². The molecule has 2 heterocycles. The molecule has 0 saturated heterocycles. The first-order chi connectivity index (χ1) is 9.05. The molecule has 0 fully saturated rings. The molecule has 0 radical (unpaired) electrons. The van der Waals surface area contributed by atoms with Crippen LogP contribution in [-0.4, -0.2) is 31.8 Å². The summed E-state index contributed by atoms with van der Waals surface area (Å²) in [6.45, 7) is 0.351. The maximum atomic E-state index is 12.5. The molecule has 0 bridgehead atoms. The zero-order valence-electron chi connectivity index (χ0n) is 10.7. The van der Waals surface area contributed by atoms with Crippen molar-refractivity contribution in [3.8, 4) is 0 Å². The molecule has 0 spiro atoms. The summed E-state index contributed by atoms with van der Waals surface area (Å²) in [4.78, 5) is 4.22. The fraction of sp³-hybridized carbons (Fsp3) is 0.250. The van der Waals surface area contributed by atoms with Crippen LogP contribution >= 0.6 is 11.3 Å². The maximum absolute atomic E-state index is 12.5. The molecule has 0 amide bonds. The van der Waals surface area contributed by atoms with Crippen molar-refractivity contribution in [3.63, 3.8) is 0 Å². The van der Waals surface area contributed by atoms with Crippen LogP contribution in [0.25, 0.3) is 0 Å². The second kappa shape index (κ2) is 5.68. The smallest absolute Gasteiger partial charge is 0.246 e. The van der Waals surface area contributed by atoms with Crippen molar-refractivity contribution in [1.82, 2.24) is 9.29 Å². The molecular formula is C12H15N3O2S2. The Labute approximate surface area is 117 Å². The van der Waals surface area contributed by atoms with Crippen LogP contribution in [-0.2, 0) is 16.6 Å². The number of hydrogen-bond donors (Lipinski definition) is 1. The first-order valence-electron chi connectivity index (χ1n) is 5.66. The Morgan fingerprint density at radius 1 is 1.42 bits per heavy atom. The van der Waals surface area contributed by atoms with Gasteiger partial charge in [0.1, 0.15) is 10.7 Å².